The van der Waals surface area contributed by atoms with E-state index in [1.54, 1.807) is 19.1 Å². The molecule has 2 aromatic carbocycles. The quantitative estimate of drug-likeness (QED) is 0.676. The number of anilines is 2. The highest BCUT2D eigenvalue weighted by Crippen LogP contribution is 2.41. The van der Waals surface area contributed by atoms with Crippen LogP contribution < -0.4 is 15.0 Å². The Labute approximate surface area is 160 Å². The Balaban J connectivity index is 2.17. The first-order valence-corrected chi connectivity index (χ1v) is 8.33. The summed E-state index contributed by atoms with van der Waals surface area (Å²) in [7, 11) is 3.34. The molecule has 0 aliphatic heterocycles. The molecule has 0 bridgehead atoms. The predicted octanol–water partition coefficient (Wildman–Crippen LogP) is 5.38. The van der Waals surface area contributed by atoms with E-state index in [2.05, 4.69) is 5.32 Å². The number of ether oxygens (including phenoxy) is 1. The molecule has 0 atom stereocenters. The number of amides is 1. The van der Waals surface area contributed by atoms with Gasteiger partial charge in [0.2, 0.25) is 5.91 Å². The molecule has 0 fully saturated rings. The van der Waals surface area contributed by atoms with Crippen LogP contribution >= 0.6 is 46.4 Å². The Morgan fingerprint density at radius 2 is 1.71 bits per heavy atom. The maximum Gasteiger partial charge on any atom is 0.243 e. The van der Waals surface area contributed by atoms with Crippen LogP contribution in [0.1, 0.15) is 0 Å². The van der Waals surface area contributed by atoms with Crippen molar-refractivity contribution in [2.75, 3.05) is 30.9 Å². The Morgan fingerprint density at radius 1 is 1.12 bits per heavy atom. The van der Waals surface area contributed by atoms with Crippen molar-refractivity contribution in [3.05, 3.63) is 50.4 Å². The number of likely N-dealkylation sites (N-methyl/N-ethyl adjacent to an activating group) is 1. The van der Waals surface area contributed by atoms with Crippen molar-refractivity contribution >= 4 is 63.7 Å². The number of carbonyl (C=O) groups excluding carboxylic acids is 1. The Kier molecular flexibility index (Phi) is 6.47. The lowest BCUT2D eigenvalue weighted by molar-refractivity contribution is -0.114. The molecule has 0 aliphatic rings. The van der Waals surface area contributed by atoms with Gasteiger partial charge in [0.15, 0.2) is 0 Å². The summed E-state index contributed by atoms with van der Waals surface area (Å²) in [5.41, 5.74) is 0.964. The van der Waals surface area contributed by atoms with Gasteiger partial charge in [-0.2, -0.15) is 0 Å². The molecule has 0 saturated heterocycles. The smallest absolute Gasteiger partial charge is 0.243 e. The third-order valence-electron chi connectivity index (χ3n) is 3.25. The molecule has 128 valence electrons. The third-order valence-corrected chi connectivity index (χ3v) is 4.83. The molecule has 4 nitrogen and oxygen atoms in total. The van der Waals surface area contributed by atoms with Crippen molar-refractivity contribution in [1.29, 1.82) is 0 Å². The maximum atomic E-state index is 12.3. The summed E-state index contributed by atoms with van der Waals surface area (Å²) in [6.07, 6.45) is 0. The predicted molar refractivity (Wildman–Crippen MR) is 101 cm³/mol. The lowest BCUT2D eigenvalue weighted by Crippen LogP contribution is -2.30. The SMILES string of the molecule is COc1ccccc1N(C)CC(=O)Nc1c(Cl)c(Cl)cc(Cl)c1Cl. The van der Waals surface area contributed by atoms with Crippen molar-refractivity contribution in [1.82, 2.24) is 0 Å². The van der Waals surface area contributed by atoms with Gasteiger partial charge in [-0.25, -0.2) is 0 Å². The Morgan fingerprint density at radius 3 is 2.29 bits per heavy atom. The standard InChI is InChI=1S/C16H14Cl4N2O2/c1-22(11-5-3-4-6-12(11)24-2)8-13(23)21-16-14(19)9(17)7-10(18)15(16)20/h3-7H,8H2,1-2H3,(H,21,23). The molecule has 0 radical (unpaired) electrons. The molecule has 1 N–H and O–H groups in total. The first-order chi connectivity index (χ1) is 11.3. The number of nitrogens with one attached hydrogen (secondary N) is 1. The number of halogens is 4. The normalized spacial score (nSPS) is 10.4. The summed E-state index contributed by atoms with van der Waals surface area (Å²) >= 11 is 24.1. The molecular weight excluding hydrogens is 394 g/mol. The van der Waals surface area contributed by atoms with Gasteiger partial charge in [-0.3, -0.25) is 4.79 Å². The maximum absolute atomic E-state index is 12.3. The van der Waals surface area contributed by atoms with Crippen molar-refractivity contribution in [3.8, 4) is 5.75 Å². The number of carbonyl (C=O) groups is 1. The number of para-hydroxylation sites is 2. The zero-order valence-electron chi connectivity index (χ0n) is 12.9. The van der Waals surface area contributed by atoms with E-state index in [0.717, 1.165) is 5.69 Å². The lowest BCUT2D eigenvalue weighted by atomic mass is 10.2. The minimum atomic E-state index is -0.328. The van der Waals surface area contributed by atoms with Crippen LogP contribution in [-0.4, -0.2) is 26.6 Å². The highest BCUT2D eigenvalue weighted by Gasteiger charge is 2.18. The van der Waals surface area contributed by atoms with E-state index in [-0.39, 0.29) is 38.2 Å². The minimum absolute atomic E-state index is 0.0527. The Hall–Kier alpha value is -1.33. The lowest BCUT2D eigenvalue weighted by Gasteiger charge is -2.21. The van der Waals surface area contributed by atoms with Crippen LogP contribution in [0.3, 0.4) is 0 Å². The van der Waals surface area contributed by atoms with Crippen molar-refractivity contribution < 1.29 is 9.53 Å². The first-order valence-electron chi connectivity index (χ1n) is 6.82. The van der Waals surface area contributed by atoms with Gasteiger partial charge in [0.25, 0.3) is 0 Å². The molecular formula is C16H14Cl4N2O2. The third kappa shape index (κ3) is 4.19. The second-order valence-corrected chi connectivity index (χ2v) is 6.49. The van der Waals surface area contributed by atoms with Gasteiger partial charge in [0.05, 0.1) is 45.1 Å². The average Bonchev–Trinajstić information content (AvgIpc) is 2.56. The zero-order valence-corrected chi connectivity index (χ0v) is 15.9. The summed E-state index contributed by atoms with van der Waals surface area (Å²) in [5, 5.41) is 3.34. The number of nitrogens with zero attached hydrogens (tertiary/aromatic N) is 1. The summed E-state index contributed by atoms with van der Waals surface area (Å²) in [5.74, 6) is 0.334. The number of hydrogen-bond acceptors (Lipinski definition) is 3. The van der Waals surface area contributed by atoms with E-state index < -0.39 is 0 Å². The van der Waals surface area contributed by atoms with Gasteiger partial charge < -0.3 is 15.0 Å². The van der Waals surface area contributed by atoms with Gasteiger partial charge in [-0.15, -0.1) is 0 Å². The molecule has 0 aromatic heterocycles. The van der Waals surface area contributed by atoms with E-state index in [9.17, 15) is 4.79 Å². The minimum Gasteiger partial charge on any atom is -0.495 e. The van der Waals surface area contributed by atoms with Crippen LogP contribution in [0, 0.1) is 0 Å². The monoisotopic (exact) mass is 406 g/mol. The molecule has 0 heterocycles. The number of methoxy groups -OCH3 is 1. The molecule has 8 heteroatoms. The molecule has 1 amide bonds. The average molecular weight is 408 g/mol. The Bertz CT molecular complexity index is 742. The van der Waals surface area contributed by atoms with Gasteiger partial charge in [0, 0.05) is 7.05 Å². The van der Waals surface area contributed by atoms with Gasteiger partial charge in [-0.05, 0) is 18.2 Å². The second-order valence-electron chi connectivity index (χ2n) is 4.92. The summed E-state index contributed by atoms with van der Waals surface area (Å²) in [6, 6.07) is 8.79. The molecule has 24 heavy (non-hydrogen) atoms. The van der Waals surface area contributed by atoms with Crippen LogP contribution in [0.5, 0.6) is 5.75 Å². The van der Waals surface area contributed by atoms with E-state index in [1.807, 2.05) is 24.3 Å². The molecule has 0 spiro atoms. The van der Waals surface area contributed by atoms with Gasteiger partial charge >= 0.3 is 0 Å². The van der Waals surface area contributed by atoms with Crippen LogP contribution in [0.4, 0.5) is 11.4 Å². The van der Waals surface area contributed by atoms with E-state index in [4.69, 9.17) is 51.1 Å². The number of rotatable bonds is 5. The highest BCUT2D eigenvalue weighted by molar-refractivity contribution is 6.50. The van der Waals surface area contributed by atoms with Crippen LogP contribution in [-0.2, 0) is 4.79 Å². The van der Waals surface area contributed by atoms with Crippen LogP contribution in [0.15, 0.2) is 30.3 Å². The van der Waals surface area contributed by atoms with Crippen molar-refractivity contribution in [2.45, 2.75) is 0 Å². The number of benzene rings is 2. The van der Waals surface area contributed by atoms with Crippen LogP contribution in [0.2, 0.25) is 20.1 Å². The molecule has 2 aromatic rings. The molecule has 0 saturated carbocycles. The largest absolute Gasteiger partial charge is 0.495 e. The van der Waals surface area contributed by atoms with Gasteiger partial charge in [-0.1, -0.05) is 58.5 Å². The second kappa shape index (κ2) is 8.17. The highest BCUT2D eigenvalue weighted by atomic mass is 35.5. The van der Waals surface area contributed by atoms with E-state index in [0.29, 0.717) is 5.75 Å². The number of hydrogen-bond donors (Lipinski definition) is 1. The summed E-state index contributed by atoms with van der Waals surface area (Å²) in [6.45, 7) is 0.0527. The zero-order chi connectivity index (χ0) is 17.9. The van der Waals surface area contributed by atoms with E-state index in [1.165, 1.54) is 6.07 Å². The molecule has 2 rings (SSSR count). The fourth-order valence-electron chi connectivity index (χ4n) is 2.11. The van der Waals surface area contributed by atoms with E-state index >= 15 is 0 Å². The molecule has 0 unspecified atom stereocenters. The van der Waals surface area contributed by atoms with Crippen LogP contribution in [0.25, 0.3) is 0 Å². The van der Waals surface area contributed by atoms with Gasteiger partial charge in [0.1, 0.15) is 5.75 Å². The van der Waals surface area contributed by atoms with Crippen molar-refractivity contribution in [3.63, 3.8) is 0 Å². The van der Waals surface area contributed by atoms with Crippen molar-refractivity contribution in [2.24, 2.45) is 0 Å². The fourth-order valence-corrected chi connectivity index (χ4v) is 3.01. The molecule has 0 aliphatic carbocycles. The first kappa shape index (κ1) is 19.0. The topological polar surface area (TPSA) is 41.6 Å². The fraction of sp³-hybridized carbons (Fsp3) is 0.188. The summed E-state index contributed by atoms with van der Waals surface area (Å²) in [4.78, 5) is 14.1. The summed E-state index contributed by atoms with van der Waals surface area (Å²) < 4.78 is 5.29.